The van der Waals surface area contributed by atoms with Crippen molar-refractivity contribution in [2.45, 2.75) is 31.1 Å². The van der Waals surface area contributed by atoms with Gasteiger partial charge in [-0.1, -0.05) is 0 Å². The second-order valence-corrected chi connectivity index (χ2v) is 6.77. The highest BCUT2D eigenvalue weighted by molar-refractivity contribution is 8.00. The fourth-order valence-corrected chi connectivity index (χ4v) is 3.79. The number of nitrogens with zero attached hydrogens (tertiary/aromatic N) is 2. The van der Waals surface area contributed by atoms with Gasteiger partial charge in [0.15, 0.2) is 0 Å². The Balaban J connectivity index is 1.69. The molecule has 2 heterocycles. The summed E-state index contributed by atoms with van der Waals surface area (Å²) in [5.41, 5.74) is 0. The highest BCUT2D eigenvalue weighted by atomic mass is 32.2. The summed E-state index contributed by atoms with van der Waals surface area (Å²) in [6.07, 6.45) is 2.44. The van der Waals surface area contributed by atoms with E-state index in [9.17, 15) is 9.59 Å². The SMILES string of the molecule is CC(C(=O)O)N1CCN(C(=O)NCC2CCCS2)CC1. The molecule has 0 aromatic heterocycles. The summed E-state index contributed by atoms with van der Waals surface area (Å²) in [5, 5.41) is 12.5. The van der Waals surface area contributed by atoms with Crippen molar-refractivity contribution in [3.8, 4) is 0 Å². The van der Waals surface area contributed by atoms with Crippen molar-refractivity contribution >= 4 is 23.8 Å². The number of carbonyl (C=O) groups is 2. The first-order valence-corrected chi connectivity index (χ1v) is 8.24. The number of urea groups is 1. The van der Waals surface area contributed by atoms with E-state index in [-0.39, 0.29) is 6.03 Å². The van der Waals surface area contributed by atoms with Crippen molar-refractivity contribution in [1.29, 1.82) is 0 Å². The Morgan fingerprint density at radius 1 is 1.35 bits per heavy atom. The third-order valence-electron chi connectivity index (χ3n) is 4.01. The summed E-state index contributed by atoms with van der Waals surface area (Å²) >= 11 is 1.93. The van der Waals surface area contributed by atoms with Gasteiger partial charge in [0.05, 0.1) is 0 Å². The van der Waals surface area contributed by atoms with E-state index in [0.717, 1.165) is 6.54 Å². The predicted molar refractivity (Wildman–Crippen MR) is 79.1 cm³/mol. The van der Waals surface area contributed by atoms with Crippen LogP contribution in [-0.4, -0.2) is 76.7 Å². The molecule has 6 nitrogen and oxygen atoms in total. The Labute approximate surface area is 123 Å². The Kier molecular flexibility index (Phi) is 5.54. The van der Waals surface area contributed by atoms with Crippen LogP contribution in [0.15, 0.2) is 0 Å². The molecule has 0 aliphatic carbocycles. The zero-order chi connectivity index (χ0) is 14.5. The molecule has 2 aliphatic rings. The lowest BCUT2D eigenvalue weighted by Gasteiger charge is -2.36. The maximum atomic E-state index is 12.0. The van der Waals surface area contributed by atoms with Crippen LogP contribution >= 0.6 is 11.8 Å². The van der Waals surface area contributed by atoms with E-state index in [1.807, 2.05) is 16.7 Å². The van der Waals surface area contributed by atoms with Gasteiger partial charge in [0.1, 0.15) is 6.04 Å². The monoisotopic (exact) mass is 301 g/mol. The predicted octanol–water partition coefficient (Wildman–Crippen LogP) is 0.682. The fourth-order valence-electron chi connectivity index (χ4n) is 2.59. The first-order chi connectivity index (χ1) is 9.58. The molecule has 2 N–H and O–H groups in total. The minimum Gasteiger partial charge on any atom is -0.480 e. The van der Waals surface area contributed by atoms with E-state index >= 15 is 0 Å². The Morgan fingerprint density at radius 3 is 2.60 bits per heavy atom. The standard InChI is InChI=1S/C13H23N3O3S/c1-10(12(17)18)15-4-6-16(7-5-15)13(19)14-9-11-3-2-8-20-11/h10-11H,2-9H2,1H3,(H,14,19)(H,17,18). The third-order valence-corrected chi connectivity index (χ3v) is 5.41. The lowest BCUT2D eigenvalue weighted by atomic mass is 10.2. The van der Waals surface area contributed by atoms with E-state index in [2.05, 4.69) is 5.32 Å². The van der Waals surface area contributed by atoms with E-state index < -0.39 is 12.0 Å². The summed E-state index contributed by atoms with van der Waals surface area (Å²) in [5.74, 6) is 0.396. The van der Waals surface area contributed by atoms with Crippen molar-refractivity contribution in [3.05, 3.63) is 0 Å². The average Bonchev–Trinajstić information content (AvgIpc) is 2.97. The van der Waals surface area contributed by atoms with Crippen LogP contribution in [-0.2, 0) is 4.79 Å². The lowest BCUT2D eigenvalue weighted by Crippen LogP contribution is -2.55. The van der Waals surface area contributed by atoms with Crippen LogP contribution in [0.3, 0.4) is 0 Å². The van der Waals surface area contributed by atoms with Crippen LogP contribution in [0.5, 0.6) is 0 Å². The van der Waals surface area contributed by atoms with Gasteiger partial charge in [-0.3, -0.25) is 9.69 Å². The number of amides is 2. The van der Waals surface area contributed by atoms with Crippen LogP contribution < -0.4 is 5.32 Å². The third kappa shape index (κ3) is 4.02. The molecule has 2 unspecified atom stereocenters. The quantitative estimate of drug-likeness (QED) is 0.799. The highest BCUT2D eigenvalue weighted by Gasteiger charge is 2.27. The zero-order valence-corrected chi connectivity index (χ0v) is 12.7. The second-order valence-electron chi connectivity index (χ2n) is 5.36. The van der Waals surface area contributed by atoms with Crippen LogP contribution in [0.1, 0.15) is 19.8 Å². The molecule has 0 spiro atoms. The molecular weight excluding hydrogens is 278 g/mol. The van der Waals surface area contributed by atoms with Gasteiger partial charge in [0.2, 0.25) is 0 Å². The van der Waals surface area contributed by atoms with E-state index in [0.29, 0.717) is 31.4 Å². The van der Waals surface area contributed by atoms with Gasteiger partial charge < -0.3 is 15.3 Å². The zero-order valence-electron chi connectivity index (χ0n) is 11.9. The number of carboxylic acids is 1. The van der Waals surface area contributed by atoms with Crippen LogP contribution in [0.2, 0.25) is 0 Å². The van der Waals surface area contributed by atoms with Gasteiger partial charge >= 0.3 is 12.0 Å². The number of thioether (sulfide) groups is 1. The van der Waals surface area contributed by atoms with Gasteiger partial charge in [-0.2, -0.15) is 11.8 Å². The molecule has 0 aromatic rings. The van der Waals surface area contributed by atoms with Gasteiger partial charge in [-0.25, -0.2) is 4.79 Å². The van der Waals surface area contributed by atoms with E-state index in [1.54, 1.807) is 11.8 Å². The molecule has 114 valence electrons. The van der Waals surface area contributed by atoms with Gasteiger partial charge in [0, 0.05) is 38.0 Å². The topological polar surface area (TPSA) is 72.9 Å². The highest BCUT2D eigenvalue weighted by Crippen LogP contribution is 2.25. The van der Waals surface area contributed by atoms with Crippen molar-refractivity contribution in [2.75, 3.05) is 38.5 Å². The first kappa shape index (κ1) is 15.4. The molecule has 0 aromatic carbocycles. The average molecular weight is 301 g/mol. The number of carboxylic acid groups (broad SMARTS) is 1. The van der Waals surface area contributed by atoms with Crippen LogP contribution in [0.25, 0.3) is 0 Å². The summed E-state index contributed by atoms with van der Waals surface area (Å²) < 4.78 is 0. The Hall–Kier alpha value is -0.950. The van der Waals surface area contributed by atoms with E-state index in [1.165, 1.54) is 18.6 Å². The molecule has 2 fully saturated rings. The molecule has 2 rings (SSSR count). The Bertz CT molecular complexity index is 353. The number of nitrogens with one attached hydrogen (secondary N) is 1. The Morgan fingerprint density at radius 2 is 2.05 bits per heavy atom. The van der Waals surface area contributed by atoms with Crippen molar-refractivity contribution in [1.82, 2.24) is 15.1 Å². The van der Waals surface area contributed by atoms with Gasteiger partial charge in [-0.05, 0) is 25.5 Å². The molecule has 2 amide bonds. The number of hydrogen-bond acceptors (Lipinski definition) is 4. The van der Waals surface area contributed by atoms with Crippen LogP contribution in [0.4, 0.5) is 4.79 Å². The second kappa shape index (κ2) is 7.17. The normalized spacial score (nSPS) is 25.4. The number of piperazine rings is 1. The van der Waals surface area contributed by atoms with Gasteiger partial charge in [0.25, 0.3) is 0 Å². The summed E-state index contributed by atoms with van der Waals surface area (Å²) in [7, 11) is 0. The molecular formula is C13H23N3O3S. The lowest BCUT2D eigenvalue weighted by molar-refractivity contribution is -0.143. The number of rotatable bonds is 4. The molecule has 2 atom stereocenters. The maximum absolute atomic E-state index is 12.0. The largest absolute Gasteiger partial charge is 0.480 e. The molecule has 0 radical (unpaired) electrons. The summed E-state index contributed by atoms with van der Waals surface area (Å²) in [4.78, 5) is 26.6. The molecule has 20 heavy (non-hydrogen) atoms. The maximum Gasteiger partial charge on any atom is 0.320 e. The summed E-state index contributed by atoms with van der Waals surface area (Å²) in [6, 6.07) is -0.491. The molecule has 0 saturated carbocycles. The molecule has 0 bridgehead atoms. The van der Waals surface area contributed by atoms with E-state index in [4.69, 9.17) is 5.11 Å². The van der Waals surface area contributed by atoms with Crippen molar-refractivity contribution < 1.29 is 14.7 Å². The number of hydrogen-bond donors (Lipinski definition) is 2. The summed E-state index contributed by atoms with van der Waals surface area (Å²) in [6.45, 7) is 4.88. The minimum absolute atomic E-state index is 0.0138. The smallest absolute Gasteiger partial charge is 0.320 e. The number of carbonyl (C=O) groups excluding carboxylic acids is 1. The molecule has 7 heteroatoms. The van der Waals surface area contributed by atoms with Crippen LogP contribution in [0, 0.1) is 0 Å². The van der Waals surface area contributed by atoms with Gasteiger partial charge in [-0.15, -0.1) is 0 Å². The van der Waals surface area contributed by atoms with Crippen molar-refractivity contribution in [3.63, 3.8) is 0 Å². The molecule has 2 aliphatic heterocycles. The first-order valence-electron chi connectivity index (χ1n) is 7.19. The minimum atomic E-state index is -0.804. The van der Waals surface area contributed by atoms with Crippen molar-refractivity contribution in [2.24, 2.45) is 0 Å². The fraction of sp³-hybridized carbons (Fsp3) is 0.846. The number of aliphatic carboxylic acids is 1. The molecule has 2 saturated heterocycles.